The van der Waals surface area contributed by atoms with Crippen molar-refractivity contribution in [1.29, 1.82) is 0 Å². The average Bonchev–Trinajstić information content (AvgIpc) is 2.57. The van der Waals surface area contributed by atoms with Crippen LogP contribution in [0.2, 0.25) is 0 Å². The first kappa shape index (κ1) is 18.6. The molecule has 6 heteroatoms. The Morgan fingerprint density at radius 3 is 1.18 bits per heavy atom. The summed E-state index contributed by atoms with van der Waals surface area (Å²) in [5.41, 5.74) is 0. The number of benzene rings is 2. The van der Waals surface area contributed by atoms with E-state index in [1.165, 1.54) is 0 Å². The van der Waals surface area contributed by atoms with Crippen LogP contribution in [0.3, 0.4) is 0 Å². The molecule has 0 aromatic heterocycles. The molecule has 4 nitrogen and oxygen atoms in total. The van der Waals surface area contributed by atoms with E-state index in [0.29, 0.717) is 11.5 Å². The maximum Gasteiger partial charge on any atom is 0.161 e. The van der Waals surface area contributed by atoms with Gasteiger partial charge in [-0.25, -0.2) is 0 Å². The molecule has 0 spiro atoms. The van der Waals surface area contributed by atoms with Crippen LogP contribution in [0.5, 0.6) is 23.0 Å². The standard InChI is InChI=1S/C8H8Br2O2.C8H10O2/c1-11-7-3-5(9)6(10)4-8(7)12-2;1-9-7-5-3-4-6-8(7)10-2/h3-4H,1-2H3;3-6H,1-2H3. The second kappa shape index (κ2) is 9.58. The van der Waals surface area contributed by atoms with E-state index in [-0.39, 0.29) is 0 Å². The van der Waals surface area contributed by atoms with Gasteiger partial charge in [0.2, 0.25) is 0 Å². The molecule has 0 saturated carbocycles. The minimum Gasteiger partial charge on any atom is -0.493 e. The number of para-hydroxylation sites is 2. The molecule has 2 aromatic rings. The lowest BCUT2D eigenvalue weighted by Gasteiger charge is -2.08. The van der Waals surface area contributed by atoms with Gasteiger partial charge < -0.3 is 18.9 Å². The fraction of sp³-hybridized carbons (Fsp3) is 0.250. The van der Waals surface area contributed by atoms with Crippen LogP contribution in [0, 0.1) is 0 Å². The first-order valence-corrected chi connectivity index (χ1v) is 7.90. The highest BCUT2D eigenvalue weighted by molar-refractivity contribution is 9.13. The van der Waals surface area contributed by atoms with Gasteiger partial charge in [0.15, 0.2) is 23.0 Å². The minimum atomic E-state index is 0.715. The molecule has 0 fully saturated rings. The van der Waals surface area contributed by atoms with Gasteiger partial charge in [-0.2, -0.15) is 0 Å². The fourth-order valence-electron chi connectivity index (χ4n) is 1.62. The smallest absolute Gasteiger partial charge is 0.161 e. The van der Waals surface area contributed by atoms with Crippen molar-refractivity contribution in [2.75, 3.05) is 28.4 Å². The Bertz CT molecular complexity index is 551. The molecule has 22 heavy (non-hydrogen) atoms. The van der Waals surface area contributed by atoms with E-state index in [1.54, 1.807) is 28.4 Å². The van der Waals surface area contributed by atoms with E-state index in [9.17, 15) is 0 Å². The van der Waals surface area contributed by atoms with Crippen LogP contribution in [0.25, 0.3) is 0 Å². The lowest BCUT2D eigenvalue weighted by Crippen LogP contribution is -1.90. The highest BCUT2D eigenvalue weighted by Crippen LogP contribution is 2.35. The number of hydrogen-bond donors (Lipinski definition) is 0. The number of methoxy groups -OCH3 is 4. The van der Waals surface area contributed by atoms with Crippen molar-refractivity contribution in [3.05, 3.63) is 45.3 Å². The Kier molecular flexibility index (Phi) is 8.12. The summed E-state index contributed by atoms with van der Waals surface area (Å²) in [5, 5.41) is 0. The summed E-state index contributed by atoms with van der Waals surface area (Å²) in [6, 6.07) is 11.2. The Labute approximate surface area is 147 Å². The van der Waals surface area contributed by atoms with Crippen LogP contribution in [0.1, 0.15) is 0 Å². The van der Waals surface area contributed by atoms with Crippen molar-refractivity contribution in [3.63, 3.8) is 0 Å². The number of ether oxygens (including phenoxy) is 4. The number of rotatable bonds is 4. The van der Waals surface area contributed by atoms with Crippen LogP contribution in [0.4, 0.5) is 0 Å². The first-order chi connectivity index (χ1) is 10.6. The quantitative estimate of drug-likeness (QED) is 0.684. The number of hydrogen-bond acceptors (Lipinski definition) is 4. The van der Waals surface area contributed by atoms with Crippen molar-refractivity contribution in [1.82, 2.24) is 0 Å². The van der Waals surface area contributed by atoms with Gasteiger partial charge in [0.05, 0.1) is 28.4 Å². The third-order valence-electron chi connectivity index (χ3n) is 2.72. The van der Waals surface area contributed by atoms with Crippen LogP contribution < -0.4 is 18.9 Å². The zero-order valence-electron chi connectivity index (χ0n) is 12.9. The van der Waals surface area contributed by atoms with Crippen molar-refractivity contribution in [2.24, 2.45) is 0 Å². The van der Waals surface area contributed by atoms with Gasteiger partial charge in [-0.3, -0.25) is 0 Å². The summed E-state index contributed by atoms with van der Waals surface area (Å²) < 4.78 is 22.1. The zero-order valence-corrected chi connectivity index (χ0v) is 16.0. The summed E-state index contributed by atoms with van der Waals surface area (Å²) in [4.78, 5) is 0. The normalized spacial score (nSPS) is 9.36. The van der Waals surface area contributed by atoms with Crippen molar-refractivity contribution >= 4 is 31.9 Å². The summed E-state index contributed by atoms with van der Waals surface area (Å²) in [6.45, 7) is 0. The molecule has 0 N–H and O–H groups in total. The van der Waals surface area contributed by atoms with Crippen molar-refractivity contribution < 1.29 is 18.9 Å². The second-order valence-corrected chi connectivity index (χ2v) is 5.68. The lowest BCUT2D eigenvalue weighted by molar-refractivity contribution is 0.354. The maximum absolute atomic E-state index is 5.10. The van der Waals surface area contributed by atoms with Crippen LogP contribution >= 0.6 is 31.9 Å². The fourth-order valence-corrected chi connectivity index (χ4v) is 2.26. The summed E-state index contributed by atoms with van der Waals surface area (Å²) >= 11 is 6.74. The molecule has 0 saturated heterocycles. The number of halogens is 2. The lowest BCUT2D eigenvalue weighted by atomic mass is 10.3. The third kappa shape index (κ3) is 5.10. The van der Waals surface area contributed by atoms with Crippen molar-refractivity contribution in [3.8, 4) is 23.0 Å². The summed E-state index contributed by atoms with van der Waals surface area (Å²) in [6.07, 6.45) is 0. The van der Waals surface area contributed by atoms with E-state index < -0.39 is 0 Å². The molecular weight excluding hydrogens is 416 g/mol. The first-order valence-electron chi connectivity index (χ1n) is 6.31. The maximum atomic E-state index is 5.10. The van der Waals surface area contributed by atoms with Crippen LogP contribution in [-0.2, 0) is 0 Å². The highest BCUT2D eigenvalue weighted by atomic mass is 79.9. The second-order valence-electron chi connectivity index (χ2n) is 3.98. The summed E-state index contributed by atoms with van der Waals surface area (Å²) in [5.74, 6) is 2.97. The summed E-state index contributed by atoms with van der Waals surface area (Å²) in [7, 11) is 6.46. The molecule has 0 aliphatic heterocycles. The van der Waals surface area contributed by atoms with E-state index in [0.717, 1.165) is 20.4 Å². The van der Waals surface area contributed by atoms with Gasteiger partial charge in [0.25, 0.3) is 0 Å². The largest absolute Gasteiger partial charge is 0.493 e. The predicted molar refractivity (Wildman–Crippen MR) is 94.5 cm³/mol. The Morgan fingerprint density at radius 1 is 0.591 bits per heavy atom. The minimum absolute atomic E-state index is 0.715. The van der Waals surface area contributed by atoms with Gasteiger partial charge in [0.1, 0.15) is 0 Å². The Morgan fingerprint density at radius 2 is 0.909 bits per heavy atom. The molecule has 0 heterocycles. The van der Waals surface area contributed by atoms with Gasteiger partial charge in [0, 0.05) is 8.95 Å². The van der Waals surface area contributed by atoms with E-state index in [2.05, 4.69) is 31.9 Å². The molecule has 0 bridgehead atoms. The average molecular weight is 434 g/mol. The zero-order chi connectivity index (χ0) is 16.5. The highest BCUT2D eigenvalue weighted by Gasteiger charge is 2.06. The molecular formula is C16H18Br2O4. The topological polar surface area (TPSA) is 36.9 Å². The molecule has 0 atom stereocenters. The SMILES string of the molecule is COc1cc(Br)c(Br)cc1OC.COc1ccccc1OC. The van der Waals surface area contributed by atoms with Crippen LogP contribution in [0.15, 0.2) is 45.3 Å². The molecule has 120 valence electrons. The molecule has 0 aliphatic rings. The van der Waals surface area contributed by atoms with Gasteiger partial charge >= 0.3 is 0 Å². The van der Waals surface area contributed by atoms with Gasteiger partial charge in [-0.1, -0.05) is 12.1 Å². The van der Waals surface area contributed by atoms with E-state index >= 15 is 0 Å². The molecule has 0 amide bonds. The molecule has 2 aromatic carbocycles. The van der Waals surface area contributed by atoms with E-state index in [4.69, 9.17) is 18.9 Å². The Balaban J connectivity index is 0.000000224. The molecule has 0 aliphatic carbocycles. The monoisotopic (exact) mass is 432 g/mol. The third-order valence-corrected chi connectivity index (χ3v) is 4.56. The van der Waals surface area contributed by atoms with E-state index in [1.807, 2.05) is 36.4 Å². The Hall–Kier alpha value is -1.40. The van der Waals surface area contributed by atoms with Gasteiger partial charge in [-0.05, 0) is 56.1 Å². The van der Waals surface area contributed by atoms with Crippen molar-refractivity contribution in [2.45, 2.75) is 0 Å². The molecule has 0 unspecified atom stereocenters. The van der Waals surface area contributed by atoms with Crippen LogP contribution in [-0.4, -0.2) is 28.4 Å². The molecule has 0 radical (unpaired) electrons. The predicted octanol–water partition coefficient (Wildman–Crippen LogP) is 4.93. The molecule has 2 rings (SSSR count). The van der Waals surface area contributed by atoms with Gasteiger partial charge in [-0.15, -0.1) is 0 Å².